The van der Waals surface area contributed by atoms with Crippen molar-refractivity contribution in [3.05, 3.63) is 46.8 Å². The molecule has 134 valence electrons. The van der Waals surface area contributed by atoms with E-state index in [2.05, 4.69) is 10.4 Å². The molecule has 7 nitrogen and oxygen atoms in total. The molecule has 1 amide bonds. The van der Waals surface area contributed by atoms with Crippen LogP contribution in [0.5, 0.6) is 5.75 Å². The molecule has 2 aromatic rings. The largest absolute Gasteiger partial charge is 0.494 e. The van der Waals surface area contributed by atoms with Crippen LogP contribution in [0.1, 0.15) is 13.3 Å². The molecule has 0 saturated heterocycles. The van der Waals surface area contributed by atoms with Crippen LogP contribution in [0.15, 0.2) is 41.2 Å². The van der Waals surface area contributed by atoms with E-state index in [-0.39, 0.29) is 18.0 Å². The maximum absolute atomic E-state index is 12.2. The van der Waals surface area contributed by atoms with E-state index in [1.54, 1.807) is 0 Å². The van der Waals surface area contributed by atoms with Gasteiger partial charge in [0.25, 0.3) is 5.56 Å². The maximum Gasteiger partial charge on any atom is 0.270 e. The molecule has 1 aromatic carbocycles. The quantitative estimate of drug-likeness (QED) is 0.696. The Morgan fingerprint density at radius 3 is 2.72 bits per heavy atom. The van der Waals surface area contributed by atoms with Crippen LogP contribution >= 0.6 is 0 Å². The van der Waals surface area contributed by atoms with Gasteiger partial charge in [0.15, 0.2) is 5.75 Å². The normalized spacial score (nSPS) is 10.5. The number of rotatable bonds is 9. The first-order valence-electron chi connectivity index (χ1n) is 8.21. The van der Waals surface area contributed by atoms with Crippen LogP contribution in [-0.2, 0) is 16.1 Å². The summed E-state index contributed by atoms with van der Waals surface area (Å²) in [6.07, 6.45) is 0.722. The van der Waals surface area contributed by atoms with Crippen molar-refractivity contribution in [2.75, 3.05) is 26.9 Å². The average Bonchev–Trinajstić information content (AvgIpc) is 2.63. The summed E-state index contributed by atoms with van der Waals surface area (Å²) >= 11 is 0. The summed E-state index contributed by atoms with van der Waals surface area (Å²) in [5.41, 5.74) is 0.943. The third kappa shape index (κ3) is 5.42. The van der Waals surface area contributed by atoms with Gasteiger partial charge in [-0.2, -0.15) is 5.10 Å². The van der Waals surface area contributed by atoms with Gasteiger partial charge >= 0.3 is 0 Å². The molecule has 25 heavy (non-hydrogen) atoms. The molecule has 1 aromatic heterocycles. The van der Waals surface area contributed by atoms with E-state index in [1.165, 1.54) is 13.2 Å². The highest BCUT2D eigenvalue weighted by molar-refractivity contribution is 5.75. The van der Waals surface area contributed by atoms with Gasteiger partial charge in [-0.3, -0.25) is 9.59 Å². The molecule has 0 radical (unpaired) electrons. The van der Waals surface area contributed by atoms with E-state index in [4.69, 9.17) is 9.47 Å². The van der Waals surface area contributed by atoms with Gasteiger partial charge in [0.2, 0.25) is 5.91 Å². The molecule has 1 heterocycles. The summed E-state index contributed by atoms with van der Waals surface area (Å²) in [7, 11) is 1.48. The minimum atomic E-state index is -0.388. The third-order valence-electron chi connectivity index (χ3n) is 3.52. The molecule has 0 bridgehead atoms. The van der Waals surface area contributed by atoms with Crippen LogP contribution < -0.4 is 15.6 Å². The highest BCUT2D eigenvalue weighted by Crippen LogP contribution is 2.25. The first-order chi connectivity index (χ1) is 12.2. The topological polar surface area (TPSA) is 82.4 Å². The van der Waals surface area contributed by atoms with Crippen LogP contribution in [0, 0.1) is 0 Å². The molecule has 0 aliphatic carbocycles. The highest BCUT2D eigenvalue weighted by atomic mass is 16.5. The first kappa shape index (κ1) is 18.7. The molecule has 0 aliphatic rings. The first-order valence-corrected chi connectivity index (χ1v) is 8.21. The second-order valence-corrected chi connectivity index (χ2v) is 5.32. The average molecular weight is 345 g/mol. The van der Waals surface area contributed by atoms with Crippen molar-refractivity contribution in [3.8, 4) is 17.0 Å². The lowest BCUT2D eigenvalue weighted by Gasteiger charge is -2.11. The fourth-order valence-corrected chi connectivity index (χ4v) is 2.28. The van der Waals surface area contributed by atoms with E-state index < -0.39 is 0 Å². The van der Waals surface area contributed by atoms with Gasteiger partial charge in [0.05, 0.1) is 7.11 Å². The summed E-state index contributed by atoms with van der Waals surface area (Å²) < 4.78 is 11.6. The van der Waals surface area contributed by atoms with Gasteiger partial charge in [0.1, 0.15) is 12.2 Å². The van der Waals surface area contributed by atoms with Gasteiger partial charge in [-0.05, 0) is 13.3 Å². The van der Waals surface area contributed by atoms with Crippen molar-refractivity contribution >= 4 is 5.91 Å². The molecule has 0 saturated carbocycles. The minimum Gasteiger partial charge on any atom is -0.494 e. The van der Waals surface area contributed by atoms with E-state index >= 15 is 0 Å². The molecular formula is C18H23N3O4. The number of ether oxygens (including phenoxy) is 2. The van der Waals surface area contributed by atoms with Gasteiger partial charge < -0.3 is 14.8 Å². The summed E-state index contributed by atoms with van der Waals surface area (Å²) in [4.78, 5) is 24.2. The van der Waals surface area contributed by atoms with Crippen molar-refractivity contribution in [1.29, 1.82) is 0 Å². The van der Waals surface area contributed by atoms with E-state index in [0.717, 1.165) is 16.7 Å². The minimum absolute atomic E-state index is 0.142. The number of hydrogen-bond donors (Lipinski definition) is 1. The summed E-state index contributed by atoms with van der Waals surface area (Å²) in [5, 5.41) is 7.06. The van der Waals surface area contributed by atoms with Crippen LogP contribution in [-0.4, -0.2) is 42.6 Å². The van der Waals surface area contributed by atoms with Crippen LogP contribution in [0.25, 0.3) is 11.3 Å². The maximum atomic E-state index is 12.2. The molecule has 1 N–H and O–H groups in total. The van der Waals surface area contributed by atoms with E-state index in [9.17, 15) is 9.59 Å². The van der Waals surface area contributed by atoms with Crippen molar-refractivity contribution in [2.24, 2.45) is 0 Å². The number of nitrogens with one attached hydrogen (secondary N) is 1. The predicted octanol–water partition coefficient (Wildman–Crippen LogP) is 1.46. The number of carbonyl (C=O) groups is 1. The van der Waals surface area contributed by atoms with Crippen molar-refractivity contribution in [3.63, 3.8) is 0 Å². The Morgan fingerprint density at radius 1 is 1.28 bits per heavy atom. The Morgan fingerprint density at radius 2 is 2.04 bits per heavy atom. The standard InChI is InChI=1S/C18H23N3O4/c1-3-25-11-7-10-19-16(22)13-21-17(23)12-15(24-2)18(20-21)14-8-5-4-6-9-14/h4-6,8-9,12H,3,7,10-11,13H2,1-2H3,(H,19,22). The van der Waals surface area contributed by atoms with E-state index in [0.29, 0.717) is 31.2 Å². The fraction of sp³-hybridized carbons (Fsp3) is 0.389. The zero-order valence-corrected chi connectivity index (χ0v) is 14.5. The predicted molar refractivity (Wildman–Crippen MR) is 94.6 cm³/mol. The molecule has 7 heteroatoms. The monoisotopic (exact) mass is 345 g/mol. The highest BCUT2D eigenvalue weighted by Gasteiger charge is 2.13. The molecule has 0 aliphatic heterocycles. The molecular weight excluding hydrogens is 322 g/mol. The van der Waals surface area contributed by atoms with Crippen LogP contribution in [0.2, 0.25) is 0 Å². The Bertz CT molecular complexity index is 744. The Kier molecular flexibility index (Phi) is 7.16. The molecule has 0 unspecified atom stereocenters. The number of benzene rings is 1. The van der Waals surface area contributed by atoms with Gasteiger partial charge in [-0.15, -0.1) is 0 Å². The Hall–Kier alpha value is -2.67. The zero-order valence-electron chi connectivity index (χ0n) is 14.5. The van der Waals surface area contributed by atoms with Crippen molar-refractivity contribution < 1.29 is 14.3 Å². The summed E-state index contributed by atoms with van der Waals surface area (Å²) in [6.45, 7) is 3.52. The van der Waals surface area contributed by atoms with Crippen molar-refractivity contribution in [1.82, 2.24) is 15.1 Å². The fourth-order valence-electron chi connectivity index (χ4n) is 2.28. The molecule has 0 spiro atoms. The number of aromatic nitrogens is 2. The molecule has 0 atom stereocenters. The van der Waals surface area contributed by atoms with Gasteiger partial charge in [-0.25, -0.2) is 4.68 Å². The Labute approximate surface area is 146 Å². The lowest BCUT2D eigenvalue weighted by molar-refractivity contribution is -0.121. The van der Waals surface area contributed by atoms with Crippen LogP contribution in [0.4, 0.5) is 0 Å². The van der Waals surface area contributed by atoms with Crippen LogP contribution in [0.3, 0.4) is 0 Å². The second kappa shape index (κ2) is 9.58. The zero-order chi connectivity index (χ0) is 18.1. The Balaban J connectivity index is 2.10. The number of amides is 1. The number of nitrogens with zero attached hydrogens (tertiary/aromatic N) is 2. The van der Waals surface area contributed by atoms with Crippen molar-refractivity contribution in [2.45, 2.75) is 19.9 Å². The SMILES string of the molecule is CCOCCCNC(=O)Cn1nc(-c2ccccc2)c(OC)cc1=O. The lowest BCUT2D eigenvalue weighted by Crippen LogP contribution is -2.34. The van der Waals surface area contributed by atoms with Gasteiger partial charge in [0, 0.05) is 31.4 Å². The smallest absolute Gasteiger partial charge is 0.270 e. The van der Waals surface area contributed by atoms with Gasteiger partial charge in [-0.1, -0.05) is 30.3 Å². The summed E-state index contributed by atoms with van der Waals surface area (Å²) in [5.74, 6) is 0.111. The lowest BCUT2D eigenvalue weighted by atomic mass is 10.1. The molecule has 0 fully saturated rings. The van der Waals surface area contributed by atoms with E-state index in [1.807, 2.05) is 37.3 Å². The third-order valence-corrected chi connectivity index (χ3v) is 3.52. The molecule has 2 rings (SSSR count). The second-order valence-electron chi connectivity index (χ2n) is 5.32. The number of methoxy groups -OCH3 is 1. The number of carbonyl (C=O) groups excluding carboxylic acids is 1. The summed E-state index contributed by atoms with van der Waals surface area (Å²) in [6, 6.07) is 10.7. The number of hydrogen-bond acceptors (Lipinski definition) is 5.